The van der Waals surface area contributed by atoms with Crippen molar-refractivity contribution in [2.75, 3.05) is 26.7 Å². The lowest BCUT2D eigenvalue weighted by molar-refractivity contribution is -0.121. The Hall–Kier alpha value is -1.93. The molecule has 0 spiro atoms. The molecule has 1 amide bonds. The summed E-state index contributed by atoms with van der Waals surface area (Å²) in [4.78, 5) is 14.8. The third kappa shape index (κ3) is 6.02. The van der Waals surface area contributed by atoms with Gasteiger partial charge in [0, 0.05) is 25.2 Å². The van der Waals surface area contributed by atoms with Gasteiger partial charge in [-0.3, -0.25) is 9.69 Å². The molecule has 6 nitrogen and oxygen atoms in total. The highest BCUT2D eigenvalue weighted by Gasteiger charge is 2.22. The van der Waals surface area contributed by atoms with E-state index in [9.17, 15) is 13.2 Å². The summed E-state index contributed by atoms with van der Waals surface area (Å²) in [5.74, 6) is -0.355. The Bertz CT molecular complexity index is 925. The molecule has 1 aliphatic rings. The minimum absolute atomic E-state index is 0.103. The summed E-state index contributed by atoms with van der Waals surface area (Å²) in [6.45, 7) is 3.38. The minimum atomic E-state index is -3.74. The first-order valence-corrected chi connectivity index (χ1v) is 11.5. The van der Waals surface area contributed by atoms with Crippen molar-refractivity contribution in [1.29, 1.82) is 0 Å². The number of sulfonamides is 1. The number of hydrogen-bond acceptors (Lipinski definition) is 4. The Morgan fingerprint density at radius 3 is 2.24 bits per heavy atom. The Balaban J connectivity index is 1.49. The molecule has 1 saturated heterocycles. The second kappa shape index (κ2) is 9.71. The number of benzene rings is 2. The molecule has 8 heteroatoms. The average molecular weight is 436 g/mol. The highest BCUT2D eigenvalue weighted by atomic mass is 35.5. The fraction of sp³-hybridized carbons (Fsp3) is 0.381. The highest BCUT2D eigenvalue weighted by Crippen LogP contribution is 2.17. The zero-order valence-electron chi connectivity index (χ0n) is 16.5. The first-order valence-electron chi connectivity index (χ1n) is 9.63. The Labute approximate surface area is 177 Å². The third-order valence-electron chi connectivity index (χ3n) is 5.01. The number of hydrogen-bond donors (Lipinski definition) is 1. The van der Waals surface area contributed by atoms with Gasteiger partial charge in [0.1, 0.15) is 0 Å². The van der Waals surface area contributed by atoms with Crippen LogP contribution in [0.15, 0.2) is 53.4 Å². The van der Waals surface area contributed by atoms with Crippen LogP contribution in [0.25, 0.3) is 0 Å². The van der Waals surface area contributed by atoms with Crippen molar-refractivity contribution in [3.05, 3.63) is 64.7 Å². The zero-order chi connectivity index (χ0) is 20.9. The quantitative estimate of drug-likeness (QED) is 0.692. The second-order valence-electron chi connectivity index (χ2n) is 7.29. The Morgan fingerprint density at radius 1 is 1.03 bits per heavy atom. The van der Waals surface area contributed by atoms with E-state index < -0.39 is 10.0 Å². The highest BCUT2D eigenvalue weighted by molar-refractivity contribution is 7.89. The lowest BCUT2D eigenvalue weighted by Crippen LogP contribution is -2.38. The second-order valence-corrected chi connectivity index (χ2v) is 9.77. The van der Waals surface area contributed by atoms with Crippen molar-refractivity contribution in [2.45, 2.75) is 30.8 Å². The molecule has 0 aliphatic carbocycles. The van der Waals surface area contributed by atoms with Crippen molar-refractivity contribution in [3.63, 3.8) is 0 Å². The lowest BCUT2D eigenvalue weighted by Gasteiger charge is -2.17. The van der Waals surface area contributed by atoms with Crippen LogP contribution in [0.1, 0.15) is 24.0 Å². The molecule has 1 aliphatic heterocycles. The van der Waals surface area contributed by atoms with E-state index in [1.165, 1.54) is 49.7 Å². The fourth-order valence-electron chi connectivity index (χ4n) is 3.29. The molecule has 0 radical (unpaired) electrons. The molecule has 3 rings (SSSR count). The normalized spacial score (nSPS) is 15.0. The first-order chi connectivity index (χ1) is 13.8. The van der Waals surface area contributed by atoms with Crippen LogP contribution in [0.2, 0.25) is 5.02 Å². The summed E-state index contributed by atoms with van der Waals surface area (Å²) in [5.41, 5.74) is 2.24. The van der Waals surface area contributed by atoms with Crippen molar-refractivity contribution in [1.82, 2.24) is 14.5 Å². The fourth-order valence-corrected chi connectivity index (χ4v) is 4.54. The minimum Gasteiger partial charge on any atom is -0.351 e. The summed E-state index contributed by atoms with van der Waals surface area (Å²) in [7, 11) is -2.36. The maximum absolute atomic E-state index is 12.5. The van der Waals surface area contributed by atoms with Crippen molar-refractivity contribution in [3.8, 4) is 0 Å². The van der Waals surface area contributed by atoms with E-state index in [2.05, 4.69) is 22.3 Å². The van der Waals surface area contributed by atoms with Crippen molar-refractivity contribution < 1.29 is 13.2 Å². The molecule has 1 heterocycles. The lowest BCUT2D eigenvalue weighted by atomic mass is 10.1. The number of likely N-dealkylation sites (tertiary alicyclic amines) is 1. The van der Waals surface area contributed by atoms with Crippen LogP contribution >= 0.6 is 11.6 Å². The van der Waals surface area contributed by atoms with Crippen molar-refractivity contribution in [2.24, 2.45) is 0 Å². The standard InChI is InChI=1S/C21H26ClN3O3S/c1-24(29(27,28)20-10-8-19(22)9-11-20)16-21(26)23-14-17-4-6-18(7-5-17)15-25-12-2-3-13-25/h4-11H,2-3,12-16H2,1H3,(H,23,26). The number of carbonyl (C=O) groups is 1. The molecule has 0 unspecified atom stereocenters. The number of rotatable bonds is 8. The van der Waals surface area contributed by atoms with Gasteiger partial charge in [0.15, 0.2) is 0 Å². The molecule has 1 fully saturated rings. The van der Waals surface area contributed by atoms with Crippen LogP contribution in [0.4, 0.5) is 0 Å². The van der Waals surface area contributed by atoms with Crippen molar-refractivity contribution >= 4 is 27.5 Å². The topological polar surface area (TPSA) is 69.7 Å². The van der Waals surface area contributed by atoms with E-state index in [-0.39, 0.29) is 17.3 Å². The number of carbonyl (C=O) groups excluding carboxylic acids is 1. The average Bonchev–Trinajstić information content (AvgIpc) is 3.21. The summed E-state index contributed by atoms with van der Waals surface area (Å²) in [6, 6.07) is 14.0. The molecular weight excluding hydrogens is 410 g/mol. The molecule has 2 aromatic carbocycles. The summed E-state index contributed by atoms with van der Waals surface area (Å²) >= 11 is 5.80. The van der Waals surface area contributed by atoms with Crippen LogP contribution < -0.4 is 5.32 Å². The van der Waals surface area contributed by atoms with Gasteiger partial charge in [-0.2, -0.15) is 4.31 Å². The van der Waals surface area contributed by atoms with E-state index >= 15 is 0 Å². The molecule has 156 valence electrons. The van der Waals surface area contributed by atoms with E-state index in [0.717, 1.165) is 29.5 Å². The van der Waals surface area contributed by atoms with Crippen LogP contribution in [-0.4, -0.2) is 50.2 Å². The monoisotopic (exact) mass is 435 g/mol. The molecule has 0 aromatic heterocycles. The molecule has 29 heavy (non-hydrogen) atoms. The molecular formula is C21H26ClN3O3S. The number of nitrogens with one attached hydrogen (secondary N) is 1. The summed E-state index contributed by atoms with van der Waals surface area (Å²) < 4.78 is 26.1. The SMILES string of the molecule is CN(CC(=O)NCc1ccc(CN2CCCC2)cc1)S(=O)(=O)c1ccc(Cl)cc1. The van der Waals surface area contributed by atoms with Gasteiger partial charge in [-0.15, -0.1) is 0 Å². The van der Waals surface area contributed by atoms with Gasteiger partial charge in [-0.25, -0.2) is 8.42 Å². The summed E-state index contributed by atoms with van der Waals surface area (Å²) in [6.07, 6.45) is 2.54. The Kier molecular flexibility index (Phi) is 7.29. The van der Waals surface area contributed by atoms with Gasteiger partial charge < -0.3 is 5.32 Å². The number of likely N-dealkylation sites (N-methyl/N-ethyl adjacent to an activating group) is 1. The molecule has 0 atom stereocenters. The van der Waals surface area contributed by atoms with Gasteiger partial charge >= 0.3 is 0 Å². The van der Waals surface area contributed by atoms with Crippen LogP contribution in [0.3, 0.4) is 0 Å². The van der Waals surface area contributed by atoms with Crippen LogP contribution in [0, 0.1) is 0 Å². The van der Waals surface area contributed by atoms with E-state index in [1.54, 1.807) is 0 Å². The number of nitrogens with zero attached hydrogens (tertiary/aromatic N) is 2. The predicted octanol–water partition coefficient (Wildman–Crippen LogP) is 2.87. The predicted molar refractivity (Wildman–Crippen MR) is 114 cm³/mol. The van der Waals surface area contributed by atoms with Crippen LogP contribution in [0.5, 0.6) is 0 Å². The van der Waals surface area contributed by atoms with Gasteiger partial charge in [0.25, 0.3) is 0 Å². The van der Waals surface area contributed by atoms with Gasteiger partial charge in [0.2, 0.25) is 15.9 Å². The molecule has 0 bridgehead atoms. The van der Waals surface area contributed by atoms with Crippen LogP contribution in [-0.2, 0) is 27.9 Å². The van der Waals surface area contributed by atoms with Gasteiger partial charge in [-0.05, 0) is 61.3 Å². The number of halogens is 1. The first kappa shape index (κ1) is 21.8. The molecule has 0 saturated carbocycles. The largest absolute Gasteiger partial charge is 0.351 e. The molecule has 2 aromatic rings. The maximum atomic E-state index is 12.5. The zero-order valence-corrected chi connectivity index (χ0v) is 18.0. The third-order valence-corrected chi connectivity index (χ3v) is 7.08. The van der Waals surface area contributed by atoms with Gasteiger partial charge in [0.05, 0.1) is 11.4 Å². The Morgan fingerprint density at radius 2 is 1.62 bits per heavy atom. The molecule has 1 N–H and O–H groups in total. The number of amides is 1. The smallest absolute Gasteiger partial charge is 0.243 e. The maximum Gasteiger partial charge on any atom is 0.243 e. The summed E-state index contributed by atoms with van der Waals surface area (Å²) in [5, 5.41) is 3.23. The van der Waals surface area contributed by atoms with E-state index in [1.807, 2.05) is 12.1 Å². The van der Waals surface area contributed by atoms with E-state index in [0.29, 0.717) is 11.6 Å². The van der Waals surface area contributed by atoms with E-state index in [4.69, 9.17) is 11.6 Å². The van der Waals surface area contributed by atoms with Gasteiger partial charge in [-0.1, -0.05) is 35.9 Å².